The van der Waals surface area contributed by atoms with E-state index in [1.165, 1.54) is 32.5 Å². The molecule has 0 saturated carbocycles. The summed E-state index contributed by atoms with van der Waals surface area (Å²) in [6.07, 6.45) is 5.73. The highest BCUT2D eigenvalue weighted by Crippen LogP contribution is 2.16. The van der Waals surface area contributed by atoms with Crippen molar-refractivity contribution < 1.29 is 0 Å². The van der Waals surface area contributed by atoms with Crippen molar-refractivity contribution in [2.24, 2.45) is 10.9 Å². The van der Waals surface area contributed by atoms with E-state index < -0.39 is 0 Å². The van der Waals surface area contributed by atoms with Gasteiger partial charge in [-0.05, 0) is 63.9 Å². The van der Waals surface area contributed by atoms with E-state index in [4.69, 9.17) is 4.99 Å². The first-order chi connectivity index (χ1) is 13.3. The van der Waals surface area contributed by atoms with Gasteiger partial charge >= 0.3 is 0 Å². The average molecular weight is 500 g/mol. The van der Waals surface area contributed by atoms with Crippen molar-refractivity contribution in [3.8, 4) is 0 Å². The monoisotopic (exact) mass is 500 g/mol. The molecule has 1 aromatic rings. The molecule has 3 heterocycles. The molecule has 2 saturated heterocycles. The third-order valence-electron chi connectivity index (χ3n) is 5.66. The number of hydrogen-bond acceptors (Lipinski definition) is 4. The molecule has 2 aliphatic rings. The van der Waals surface area contributed by atoms with Crippen molar-refractivity contribution in [3.05, 3.63) is 24.4 Å². The lowest BCUT2D eigenvalue weighted by atomic mass is 9.99. The van der Waals surface area contributed by atoms with Gasteiger partial charge in [0.25, 0.3) is 0 Å². The molecule has 0 spiro atoms. The lowest BCUT2D eigenvalue weighted by molar-refractivity contribution is 0.191. The van der Waals surface area contributed by atoms with Gasteiger partial charge in [0, 0.05) is 45.5 Å². The number of rotatable bonds is 6. The Morgan fingerprint density at radius 1 is 1.14 bits per heavy atom. The summed E-state index contributed by atoms with van der Waals surface area (Å²) in [5.74, 6) is 3.06. The summed E-state index contributed by atoms with van der Waals surface area (Å²) in [4.78, 5) is 16.7. The van der Waals surface area contributed by atoms with Gasteiger partial charge in [-0.1, -0.05) is 13.0 Å². The Morgan fingerprint density at radius 3 is 2.54 bits per heavy atom. The summed E-state index contributed by atoms with van der Waals surface area (Å²) in [6, 6.07) is 6.12. The molecule has 3 rings (SSSR count). The maximum Gasteiger partial charge on any atom is 0.194 e. The number of likely N-dealkylation sites (tertiary alicyclic amines) is 1. The minimum Gasteiger partial charge on any atom is -0.357 e. The van der Waals surface area contributed by atoms with Crippen LogP contribution in [0.2, 0.25) is 0 Å². The summed E-state index contributed by atoms with van der Waals surface area (Å²) in [7, 11) is 0. The van der Waals surface area contributed by atoms with Crippen LogP contribution in [-0.2, 0) is 0 Å². The van der Waals surface area contributed by atoms with Crippen LogP contribution in [0, 0.1) is 5.92 Å². The Balaban J connectivity index is 0.00000280. The van der Waals surface area contributed by atoms with Gasteiger partial charge in [0.15, 0.2) is 5.96 Å². The Morgan fingerprint density at radius 2 is 1.89 bits per heavy atom. The van der Waals surface area contributed by atoms with Crippen LogP contribution in [0.5, 0.6) is 0 Å². The van der Waals surface area contributed by atoms with Crippen LogP contribution in [-0.4, -0.2) is 79.6 Å². The van der Waals surface area contributed by atoms with Crippen LogP contribution in [0.3, 0.4) is 0 Å². The second-order valence-electron chi connectivity index (χ2n) is 7.78. The standard InChI is InChI=1S/C21H36N6.HI/c1-3-22-21(24-11-6-12-25-13-8-19(2)9-14-25)27-17-15-26(16-18-27)20-7-4-5-10-23-20;/h4-5,7,10,19H,3,6,8-9,11-18H2,1-2H3,(H,22,24);1H. The van der Waals surface area contributed by atoms with Crippen LogP contribution in [0.4, 0.5) is 5.82 Å². The number of anilines is 1. The summed E-state index contributed by atoms with van der Waals surface area (Å²) < 4.78 is 0. The third kappa shape index (κ3) is 7.06. The highest BCUT2D eigenvalue weighted by molar-refractivity contribution is 14.0. The zero-order chi connectivity index (χ0) is 18.9. The molecule has 7 heteroatoms. The fourth-order valence-corrected chi connectivity index (χ4v) is 3.88. The van der Waals surface area contributed by atoms with Crippen molar-refractivity contribution in [2.45, 2.75) is 33.1 Å². The predicted octanol–water partition coefficient (Wildman–Crippen LogP) is 2.91. The highest BCUT2D eigenvalue weighted by atomic mass is 127. The van der Waals surface area contributed by atoms with Gasteiger partial charge in [0.2, 0.25) is 0 Å². The largest absolute Gasteiger partial charge is 0.357 e. The van der Waals surface area contributed by atoms with Gasteiger partial charge in [-0.3, -0.25) is 4.99 Å². The summed E-state index contributed by atoms with van der Waals surface area (Å²) >= 11 is 0. The predicted molar refractivity (Wildman–Crippen MR) is 129 cm³/mol. The number of piperazine rings is 1. The van der Waals surface area contributed by atoms with Crippen LogP contribution in [0.25, 0.3) is 0 Å². The first-order valence-corrected chi connectivity index (χ1v) is 10.7. The van der Waals surface area contributed by atoms with Crippen LogP contribution >= 0.6 is 24.0 Å². The second-order valence-corrected chi connectivity index (χ2v) is 7.78. The van der Waals surface area contributed by atoms with Crippen molar-refractivity contribution >= 4 is 35.8 Å². The molecule has 0 bridgehead atoms. The van der Waals surface area contributed by atoms with E-state index in [0.717, 1.165) is 63.4 Å². The first-order valence-electron chi connectivity index (χ1n) is 10.7. The smallest absolute Gasteiger partial charge is 0.194 e. The van der Waals surface area contributed by atoms with Crippen molar-refractivity contribution in [3.63, 3.8) is 0 Å². The van der Waals surface area contributed by atoms with Crippen LogP contribution in [0.15, 0.2) is 29.4 Å². The van der Waals surface area contributed by atoms with Gasteiger partial charge in [0.1, 0.15) is 5.82 Å². The molecule has 0 aliphatic carbocycles. The Labute approximate surface area is 187 Å². The average Bonchev–Trinajstić information content (AvgIpc) is 2.72. The van der Waals surface area contributed by atoms with E-state index in [1.807, 2.05) is 12.3 Å². The number of nitrogens with one attached hydrogen (secondary N) is 1. The highest BCUT2D eigenvalue weighted by Gasteiger charge is 2.20. The molecule has 0 unspecified atom stereocenters. The molecule has 0 amide bonds. The van der Waals surface area contributed by atoms with Gasteiger partial charge in [-0.15, -0.1) is 24.0 Å². The van der Waals surface area contributed by atoms with Gasteiger partial charge in [-0.2, -0.15) is 0 Å². The fraction of sp³-hybridized carbons (Fsp3) is 0.714. The van der Waals surface area contributed by atoms with E-state index >= 15 is 0 Å². The van der Waals surface area contributed by atoms with E-state index in [2.05, 4.69) is 51.0 Å². The zero-order valence-corrected chi connectivity index (χ0v) is 19.8. The van der Waals surface area contributed by atoms with Crippen molar-refractivity contribution in [1.82, 2.24) is 20.1 Å². The van der Waals surface area contributed by atoms with E-state index in [-0.39, 0.29) is 24.0 Å². The van der Waals surface area contributed by atoms with Gasteiger partial charge in [0.05, 0.1) is 0 Å². The van der Waals surface area contributed by atoms with Gasteiger partial charge < -0.3 is 20.0 Å². The third-order valence-corrected chi connectivity index (χ3v) is 5.66. The lowest BCUT2D eigenvalue weighted by Gasteiger charge is -2.37. The number of nitrogens with zero attached hydrogens (tertiary/aromatic N) is 5. The van der Waals surface area contributed by atoms with E-state index in [9.17, 15) is 0 Å². The van der Waals surface area contributed by atoms with Crippen LogP contribution in [0.1, 0.15) is 33.1 Å². The number of pyridine rings is 1. The number of halogens is 1. The minimum atomic E-state index is 0. The number of aromatic nitrogens is 1. The van der Waals surface area contributed by atoms with Gasteiger partial charge in [-0.25, -0.2) is 4.98 Å². The van der Waals surface area contributed by atoms with E-state index in [0.29, 0.717) is 0 Å². The molecule has 6 nitrogen and oxygen atoms in total. The molecule has 2 fully saturated rings. The molecule has 0 aromatic carbocycles. The summed E-state index contributed by atoms with van der Waals surface area (Å²) in [5, 5.41) is 3.48. The van der Waals surface area contributed by atoms with E-state index in [1.54, 1.807) is 0 Å². The van der Waals surface area contributed by atoms with Crippen LogP contribution < -0.4 is 10.2 Å². The first kappa shape index (κ1) is 23.2. The summed E-state index contributed by atoms with van der Waals surface area (Å²) in [5.41, 5.74) is 0. The molecular weight excluding hydrogens is 463 g/mol. The number of aliphatic imine (C=N–C) groups is 1. The second kappa shape index (κ2) is 12.5. The minimum absolute atomic E-state index is 0. The molecule has 0 atom stereocenters. The fourth-order valence-electron chi connectivity index (χ4n) is 3.88. The Hall–Kier alpha value is -1.09. The molecule has 1 aromatic heterocycles. The molecule has 158 valence electrons. The Kier molecular flexibility index (Phi) is 10.3. The maximum atomic E-state index is 4.90. The molecule has 0 radical (unpaired) electrons. The molecule has 2 aliphatic heterocycles. The number of hydrogen-bond donors (Lipinski definition) is 1. The lowest BCUT2D eigenvalue weighted by Crippen LogP contribution is -2.52. The number of piperidine rings is 1. The quantitative estimate of drug-likeness (QED) is 0.282. The topological polar surface area (TPSA) is 47.0 Å². The SMILES string of the molecule is CCNC(=NCCCN1CCC(C)CC1)N1CCN(c2ccccn2)CC1.I. The molecular formula is C21H37IN6. The van der Waals surface area contributed by atoms with Crippen molar-refractivity contribution in [1.29, 1.82) is 0 Å². The van der Waals surface area contributed by atoms with Crippen molar-refractivity contribution in [2.75, 3.05) is 63.8 Å². The molecule has 1 N–H and O–H groups in total. The zero-order valence-electron chi connectivity index (χ0n) is 17.5. The molecule has 28 heavy (non-hydrogen) atoms. The summed E-state index contributed by atoms with van der Waals surface area (Å²) in [6.45, 7) is 14.0. The number of guanidine groups is 1. The maximum absolute atomic E-state index is 4.90. The normalized spacial score (nSPS) is 19.4. The Bertz CT molecular complexity index is 566.